The first-order valence-corrected chi connectivity index (χ1v) is 11.6. The summed E-state index contributed by atoms with van der Waals surface area (Å²) in [7, 11) is -3.30. The highest BCUT2D eigenvalue weighted by molar-refractivity contribution is 7.90. The van der Waals surface area contributed by atoms with Crippen molar-refractivity contribution in [3.8, 4) is 11.5 Å². The van der Waals surface area contributed by atoms with E-state index in [1.54, 1.807) is 18.2 Å². The van der Waals surface area contributed by atoms with Crippen LogP contribution >= 0.6 is 11.3 Å². The number of benzene rings is 2. The zero-order chi connectivity index (χ0) is 20.4. The summed E-state index contributed by atoms with van der Waals surface area (Å²) in [6.45, 7) is 1.22. The fourth-order valence-corrected chi connectivity index (χ4v) is 4.42. The Morgan fingerprint density at radius 2 is 1.93 bits per heavy atom. The van der Waals surface area contributed by atoms with E-state index in [0.29, 0.717) is 40.1 Å². The van der Waals surface area contributed by atoms with Crippen molar-refractivity contribution in [3.05, 3.63) is 48.0 Å². The van der Waals surface area contributed by atoms with Gasteiger partial charge in [0.2, 0.25) is 5.91 Å². The monoisotopic (exact) mass is 430 g/mol. The molecule has 0 saturated carbocycles. The van der Waals surface area contributed by atoms with Crippen LogP contribution in [0.4, 0.5) is 5.13 Å². The normalized spacial score (nSPS) is 14.1. The Labute approximate surface area is 171 Å². The molecule has 0 saturated heterocycles. The van der Waals surface area contributed by atoms with Gasteiger partial charge < -0.3 is 9.47 Å². The lowest BCUT2D eigenvalue weighted by Gasteiger charge is -2.07. The summed E-state index contributed by atoms with van der Waals surface area (Å²) in [5.41, 5.74) is 1.44. The van der Waals surface area contributed by atoms with Gasteiger partial charge in [-0.15, -0.1) is 0 Å². The van der Waals surface area contributed by atoms with E-state index in [4.69, 9.17) is 9.47 Å². The van der Waals surface area contributed by atoms with Crippen molar-refractivity contribution < 1.29 is 22.7 Å². The van der Waals surface area contributed by atoms with Crippen LogP contribution in [-0.2, 0) is 14.6 Å². The first-order valence-electron chi connectivity index (χ1n) is 8.88. The van der Waals surface area contributed by atoms with Crippen LogP contribution in [0.3, 0.4) is 0 Å². The number of carbonyl (C=O) groups is 1. The second kappa shape index (κ2) is 7.84. The molecule has 1 N–H and O–H groups in total. The molecule has 0 radical (unpaired) electrons. The molecule has 0 fully saturated rings. The maximum Gasteiger partial charge on any atom is 0.250 e. The molecular weight excluding hydrogens is 412 g/mol. The van der Waals surface area contributed by atoms with E-state index in [1.807, 2.05) is 18.2 Å². The van der Waals surface area contributed by atoms with Crippen LogP contribution in [0.25, 0.3) is 16.3 Å². The Balaban J connectivity index is 1.47. The third-order valence-corrected chi connectivity index (χ3v) is 6.26. The number of sulfone groups is 1. The van der Waals surface area contributed by atoms with Gasteiger partial charge in [0.25, 0.3) is 0 Å². The van der Waals surface area contributed by atoms with Gasteiger partial charge >= 0.3 is 0 Å². The van der Waals surface area contributed by atoms with Crippen LogP contribution in [-0.4, -0.2) is 38.8 Å². The van der Waals surface area contributed by atoms with E-state index >= 15 is 0 Å². The molecule has 4 rings (SSSR count). The average molecular weight is 431 g/mol. The number of rotatable bonds is 4. The molecule has 0 unspecified atom stereocenters. The van der Waals surface area contributed by atoms with Crippen molar-refractivity contribution in [2.45, 2.75) is 11.3 Å². The molecule has 0 bridgehead atoms. The first kappa shape index (κ1) is 19.4. The summed E-state index contributed by atoms with van der Waals surface area (Å²) in [6, 6.07) is 10.2. The molecular formula is C20H18N2O5S2. The van der Waals surface area contributed by atoms with Gasteiger partial charge in [-0.25, -0.2) is 13.4 Å². The number of fused-ring (bicyclic) bond motifs is 2. The molecule has 1 amide bonds. The van der Waals surface area contributed by atoms with Crippen LogP contribution in [0.2, 0.25) is 0 Å². The topological polar surface area (TPSA) is 94.6 Å². The summed E-state index contributed by atoms with van der Waals surface area (Å²) in [5.74, 6) is 1.03. The minimum Gasteiger partial charge on any atom is -0.490 e. The quantitative estimate of drug-likeness (QED) is 0.637. The summed E-state index contributed by atoms with van der Waals surface area (Å²) in [4.78, 5) is 16.8. The van der Waals surface area contributed by atoms with E-state index < -0.39 is 9.84 Å². The zero-order valence-electron chi connectivity index (χ0n) is 15.5. The van der Waals surface area contributed by atoms with Crippen molar-refractivity contribution >= 4 is 48.5 Å². The Kier molecular flexibility index (Phi) is 5.25. The molecule has 1 aliphatic rings. The van der Waals surface area contributed by atoms with Gasteiger partial charge in [-0.05, 0) is 42.0 Å². The average Bonchev–Trinajstić information content (AvgIpc) is 2.92. The lowest BCUT2D eigenvalue weighted by Crippen LogP contribution is -2.07. The number of thiazole rings is 1. The minimum atomic E-state index is -3.30. The number of amides is 1. The van der Waals surface area contributed by atoms with Crippen LogP contribution in [0.1, 0.15) is 12.0 Å². The fourth-order valence-electron chi connectivity index (χ4n) is 2.79. The highest BCUT2D eigenvalue weighted by atomic mass is 32.2. The standard InChI is InChI=1S/C20H18N2O5S2/c1-29(24,25)14-5-6-15-18(12-14)28-20(21-15)22-19(23)8-4-13-3-7-16-17(11-13)27-10-2-9-26-16/h3-8,11-12H,2,9-10H2,1H3,(H,21,22,23)/b8-4+. The molecule has 0 aliphatic carbocycles. The summed E-state index contributed by atoms with van der Waals surface area (Å²) >= 11 is 1.22. The molecule has 0 spiro atoms. The molecule has 2 heterocycles. The summed E-state index contributed by atoms with van der Waals surface area (Å²) < 4.78 is 35.3. The predicted molar refractivity (Wildman–Crippen MR) is 112 cm³/mol. The van der Waals surface area contributed by atoms with Crippen molar-refractivity contribution in [1.82, 2.24) is 4.98 Å². The van der Waals surface area contributed by atoms with Gasteiger partial charge in [-0.3, -0.25) is 10.1 Å². The third kappa shape index (κ3) is 4.57. The highest BCUT2D eigenvalue weighted by Gasteiger charge is 2.12. The second-order valence-corrected chi connectivity index (χ2v) is 9.55. The SMILES string of the molecule is CS(=O)(=O)c1ccc2nc(NC(=O)/C=C/c3ccc4c(c3)OCCCO4)sc2c1. The Bertz CT molecular complexity index is 1210. The molecule has 2 aromatic carbocycles. The van der Waals surface area contributed by atoms with Gasteiger partial charge in [0.15, 0.2) is 26.5 Å². The van der Waals surface area contributed by atoms with Crippen LogP contribution in [0.5, 0.6) is 11.5 Å². The molecule has 1 aliphatic heterocycles. The van der Waals surface area contributed by atoms with Crippen molar-refractivity contribution in [1.29, 1.82) is 0 Å². The van der Waals surface area contributed by atoms with Crippen molar-refractivity contribution in [2.24, 2.45) is 0 Å². The Morgan fingerprint density at radius 1 is 1.14 bits per heavy atom. The number of aromatic nitrogens is 1. The van der Waals surface area contributed by atoms with Gasteiger partial charge in [0, 0.05) is 18.8 Å². The van der Waals surface area contributed by atoms with Gasteiger partial charge in [-0.1, -0.05) is 17.4 Å². The highest BCUT2D eigenvalue weighted by Crippen LogP contribution is 2.31. The van der Waals surface area contributed by atoms with Crippen molar-refractivity contribution in [3.63, 3.8) is 0 Å². The van der Waals surface area contributed by atoms with Crippen LogP contribution < -0.4 is 14.8 Å². The number of carbonyl (C=O) groups excluding carboxylic acids is 1. The number of anilines is 1. The summed E-state index contributed by atoms with van der Waals surface area (Å²) in [5, 5.41) is 3.11. The number of hydrogen-bond donors (Lipinski definition) is 1. The first-order chi connectivity index (χ1) is 13.9. The van der Waals surface area contributed by atoms with Gasteiger partial charge in [-0.2, -0.15) is 0 Å². The van der Waals surface area contributed by atoms with E-state index in [9.17, 15) is 13.2 Å². The number of nitrogens with zero attached hydrogens (tertiary/aromatic N) is 1. The Morgan fingerprint density at radius 3 is 2.72 bits per heavy atom. The lowest BCUT2D eigenvalue weighted by atomic mass is 10.2. The minimum absolute atomic E-state index is 0.223. The number of hydrogen-bond acceptors (Lipinski definition) is 7. The lowest BCUT2D eigenvalue weighted by molar-refractivity contribution is -0.111. The summed E-state index contributed by atoms with van der Waals surface area (Å²) in [6.07, 6.45) is 5.07. The molecule has 150 valence electrons. The smallest absolute Gasteiger partial charge is 0.250 e. The molecule has 29 heavy (non-hydrogen) atoms. The Hall–Kier alpha value is -2.91. The fraction of sp³-hybridized carbons (Fsp3) is 0.200. The van der Waals surface area contributed by atoms with E-state index in [0.717, 1.165) is 18.2 Å². The molecule has 1 aromatic heterocycles. The third-order valence-electron chi connectivity index (χ3n) is 4.22. The van der Waals surface area contributed by atoms with Crippen LogP contribution in [0.15, 0.2) is 47.4 Å². The number of nitrogens with one attached hydrogen (secondary N) is 1. The molecule has 3 aromatic rings. The van der Waals surface area contributed by atoms with Gasteiger partial charge in [0.1, 0.15) is 0 Å². The second-order valence-electron chi connectivity index (χ2n) is 6.50. The van der Waals surface area contributed by atoms with E-state index in [2.05, 4.69) is 10.3 Å². The zero-order valence-corrected chi connectivity index (χ0v) is 17.2. The molecule has 7 nitrogen and oxygen atoms in total. The molecule has 0 atom stereocenters. The van der Waals surface area contributed by atoms with Crippen molar-refractivity contribution in [2.75, 3.05) is 24.8 Å². The van der Waals surface area contributed by atoms with E-state index in [1.165, 1.54) is 23.5 Å². The number of ether oxygens (including phenoxy) is 2. The predicted octanol–water partition coefficient (Wildman–Crippen LogP) is 3.51. The maximum atomic E-state index is 12.2. The maximum absolute atomic E-state index is 12.2. The molecule has 9 heteroatoms. The van der Waals surface area contributed by atoms with E-state index in [-0.39, 0.29) is 10.8 Å². The van der Waals surface area contributed by atoms with Crippen LogP contribution in [0, 0.1) is 0 Å². The largest absolute Gasteiger partial charge is 0.490 e. The van der Waals surface area contributed by atoms with Gasteiger partial charge in [0.05, 0.1) is 28.3 Å².